The molecule has 12 nitrogen and oxygen atoms in total. The number of carbonyl (C=O) groups excluding carboxylic acids is 3. The number of hydrogen-bond acceptors (Lipinski definition) is 8. The molecule has 37 heavy (non-hydrogen) atoms. The van der Waals surface area contributed by atoms with Crippen LogP contribution in [0.2, 0.25) is 0 Å². The molecule has 3 heterocycles. The summed E-state index contributed by atoms with van der Waals surface area (Å²) in [7, 11) is -4.63. The highest BCUT2D eigenvalue weighted by molar-refractivity contribution is 7.81. The zero-order valence-corrected chi connectivity index (χ0v) is 23.1. The largest absolute Gasteiger partial charge is 0.465 e. The Balaban J connectivity index is 1.47. The maximum Gasteiger partial charge on any atom is 0.421 e. The van der Waals surface area contributed by atoms with Gasteiger partial charge < -0.3 is 20.3 Å². The minimum absolute atomic E-state index is 0.0881. The lowest BCUT2D eigenvalue weighted by atomic mass is 9.95. The van der Waals surface area contributed by atoms with Gasteiger partial charge in [-0.25, -0.2) is 8.98 Å². The quantitative estimate of drug-likeness (QED) is 0.240. The minimum Gasteiger partial charge on any atom is -0.465 e. The van der Waals surface area contributed by atoms with Crippen LogP contribution in [0.4, 0.5) is 4.79 Å². The topological polar surface area (TPSA) is 148 Å². The first-order chi connectivity index (χ1) is 17.5. The Labute approximate surface area is 220 Å². The molecule has 0 aromatic carbocycles. The van der Waals surface area contributed by atoms with Crippen LogP contribution in [0, 0.1) is 5.41 Å². The third-order valence-electron chi connectivity index (χ3n) is 7.18. The smallest absolute Gasteiger partial charge is 0.421 e. The SMILES string of the molecule is CCCCCCCOC(=O)C(C)(C)COS(=O)(=O)ON1C(=O)N2CC1CCC2C(=O)NC1CC[NH2+]CC1. The van der Waals surface area contributed by atoms with Gasteiger partial charge in [0.15, 0.2) is 0 Å². The lowest BCUT2D eigenvalue weighted by Crippen LogP contribution is -2.87. The normalized spacial score (nSPS) is 22.8. The highest BCUT2D eigenvalue weighted by Crippen LogP contribution is 2.31. The molecule has 2 atom stereocenters. The van der Waals surface area contributed by atoms with Crippen molar-refractivity contribution in [1.82, 2.24) is 15.3 Å². The summed E-state index contributed by atoms with van der Waals surface area (Å²) in [5.41, 5.74) is -1.23. The number of fused-ring (bicyclic) bond motifs is 2. The number of ether oxygens (including phenoxy) is 1. The van der Waals surface area contributed by atoms with Crippen molar-refractivity contribution in [1.29, 1.82) is 0 Å². The number of unbranched alkanes of at least 4 members (excludes halogenated alkanes) is 4. The van der Waals surface area contributed by atoms with Crippen LogP contribution in [0.15, 0.2) is 0 Å². The van der Waals surface area contributed by atoms with Crippen LogP contribution < -0.4 is 10.6 Å². The van der Waals surface area contributed by atoms with Gasteiger partial charge >= 0.3 is 22.4 Å². The number of amides is 3. The molecule has 3 aliphatic rings. The predicted molar refractivity (Wildman–Crippen MR) is 133 cm³/mol. The van der Waals surface area contributed by atoms with E-state index in [-0.39, 0.29) is 25.1 Å². The van der Waals surface area contributed by atoms with E-state index >= 15 is 0 Å². The summed E-state index contributed by atoms with van der Waals surface area (Å²) in [6.45, 7) is 7.04. The number of piperidine rings is 2. The first-order valence-electron chi connectivity index (χ1n) is 13.5. The standard InChI is InChI=1S/C24H42N4O8S/c1-4-5-6-7-8-15-34-22(30)24(2,3)17-35-37(32,33)36-28-19-9-10-20(27(16-19)23(28)31)21(29)26-18-11-13-25-14-12-18/h18-20,25H,4-17H2,1-3H3,(H,26,29)/p+1. The molecule has 2 bridgehead atoms. The molecule has 3 saturated heterocycles. The van der Waals surface area contributed by atoms with E-state index in [9.17, 15) is 22.8 Å². The fraction of sp³-hybridized carbons (Fsp3) is 0.875. The van der Waals surface area contributed by atoms with E-state index in [2.05, 4.69) is 17.6 Å². The van der Waals surface area contributed by atoms with Crippen molar-refractivity contribution in [2.45, 2.75) is 96.7 Å². The fourth-order valence-corrected chi connectivity index (χ4v) is 5.70. The first-order valence-corrected chi connectivity index (χ1v) is 14.9. The number of hydroxylamine groups is 2. The number of nitrogens with two attached hydrogens (primary N) is 1. The summed E-state index contributed by atoms with van der Waals surface area (Å²) >= 11 is 0. The molecule has 0 aromatic heterocycles. The van der Waals surface area contributed by atoms with Gasteiger partial charge in [0.05, 0.1) is 37.8 Å². The maximum absolute atomic E-state index is 12.9. The Kier molecular flexibility index (Phi) is 10.6. The van der Waals surface area contributed by atoms with Crippen molar-refractivity contribution in [3.63, 3.8) is 0 Å². The van der Waals surface area contributed by atoms with Crippen molar-refractivity contribution in [3.05, 3.63) is 0 Å². The number of quaternary nitrogens is 1. The Hall–Kier alpha value is -1.96. The number of nitrogens with one attached hydrogen (secondary N) is 1. The van der Waals surface area contributed by atoms with Crippen LogP contribution in [0.25, 0.3) is 0 Å². The molecule has 0 aliphatic carbocycles. The van der Waals surface area contributed by atoms with Gasteiger partial charge in [-0.3, -0.25) is 9.59 Å². The molecule has 0 spiro atoms. The number of rotatable bonds is 14. The summed E-state index contributed by atoms with van der Waals surface area (Å²) in [6.07, 6.45) is 7.64. The lowest BCUT2D eigenvalue weighted by Gasteiger charge is -2.31. The van der Waals surface area contributed by atoms with E-state index in [4.69, 9.17) is 13.2 Å². The van der Waals surface area contributed by atoms with Crippen molar-refractivity contribution >= 4 is 28.3 Å². The molecule has 0 aromatic rings. The van der Waals surface area contributed by atoms with E-state index in [1.807, 2.05) is 0 Å². The molecule has 212 valence electrons. The second-order valence-corrected chi connectivity index (χ2v) is 12.0. The van der Waals surface area contributed by atoms with Gasteiger partial charge in [-0.05, 0) is 33.1 Å². The number of carbonyl (C=O) groups is 3. The average Bonchev–Trinajstić information content (AvgIpc) is 3.09. The van der Waals surface area contributed by atoms with Gasteiger partial charge in [-0.2, -0.15) is 13.5 Å². The zero-order chi connectivity index (χ0) is 27.1. The summed E-state index contributed by atoms with van der Waals surface area (Å²) in [6, 6.07) is -1.77. The van der Waals surface area contributed by atoms with Crippen molar-refractivity contribution < 1.29 is 41.3 Å². The molecule has 2 unspecified atom stereocenters. The van der Waals surface area contributed by atoms with Gasteiger partial charge in [0.1, 0.15) is 6.04 Å². The molecule has 3 aliphatic heterocycles. The molecule has 3 amide bonds. The molecular formula is C24H43N4O8S+. The number of esters is 1. The number of urea groups is 1. The van der Waals surface area contributed by atoms with Crippen LogP contribution >= 0.6 is 0 Å². The van der Waals surface area contributed by atoms with Gasteiger partial charge in [-0.15, -0.1) is 4.28 Å². The summed E-state index contributed by atoms with van der Waals surface area (Å²) in [5.74, 6) is -0.785. The molecular weight excluding hydrogens is 504 g/mol. The third kappa shape index (κ3) is 8.26. The maximum atomic E-state index is 12.9. The predicted octanol–water partition coefficient (Wildman–Crippen LogP) is 0.830. The van der Waals surface area contributed by atoms with E-state index in [0.717, 1.165) is 63.1 Å². The molecule has 3 fully saturated rings. The van der Waals surface area contributed by atoms with Crippen molar-refractivity contribution in [2.24, 2.45) is 5.41 Å². The molecule has 0 saturated carbocycles. The Morgan fingerprint density at radius 3 is 2.49 bits per heavy atom. The summed E-state index contributed by atoms with van der Waals surface area (Å²) in [4.78, 5) is 39.6. The fourth-order valence-electron chi connectivity index (χ4n) is 4.84. The average molecular weight is 548 g/mol. The first kappa shape index (κ1) is 29.6. The van der Waals surface area contributed by atoms with Gasteiger partial charge in [0.2, 0.25) is 5.91 Å². The second-order valence-electron chi connectivity index (χ2n) is 10.8. The van der Waals surface area contributed by atoms with Crippen LogP contribution in [-0.4, -0.2) is 87.3 Å². The van der Waals surface area contributed by atoms with Crippen LogP contribution in [0.1, 0.15) is 78.6 Å². The molecule has 13 heteroatoms. The van der Waals surface area contributed by atoms with Crippen molar-refractivity contribution in [3.8, 4) is 0 Å². The summed E-state index contributed by atoms with van der Waals surface area (Å²) < 4.78 is 40.3. The van der Waals surface area contributed by atoms with Crippen LogP contribution in [-0.2, 0) is 33.2 Å². The lowest BCUT2D eigenvalue weighted by molar-refractivity contribution is -0.663. The zero-order valence-electron chi connectivity index (χ0n) is 22.3. The highest BCUT2D eigenvalue weighted by atomic mass is 32.3. The van der Waals surface area contributed by atoms with E-state index in [1.165, 1.54) is 18.7 Å². The number of hydrogen-bond donors (Lipinski definition) is 2. The van der Waals surface area contributed by atoms with Gasteiger partial charge in [-0.1, -0.05) is 32.6 Å². The second kappa shape index (κ2) is 13.2. The van der Waals surface area contributed by atoms with Crippen LogP contribution in [0.3, 0.4) is 0 Å². The van der Waals surface area contributed by atoms with Gasteiger partial charge in [0.25, 0.3) is 0 Å². The van der Waals surface area contributed by atoms with E-state index in [0.29, 0.717) is 12.8 Å². The van der Waals surface area contributed by atoms with Crippen molar-refractivity contribution in [2.75, 3.05) is 32.8 Å². The minimum atomic E-state index is -4.63. The molecule has 3 N–H and O–H groups in total. The third-order valence-corrected chi connectivity index (χ3v) is 7.93. The monoisotopic (exact) mass is 547 g/mol. The van der Waals surface area contributed by atoms with Crippen LogP contribution in [0.5, 0.6) is 0 Å². The molecule has 0 radical (unpaired) electrons. The Bertz CT molecular complexity index is 906. The Morgan fingerprint density at radius 2 is 1.78 bits per heavy atom. The Morgan fingerprint density at radius 1 is 1.08 bits per heavy atom. The molecule has 3 rings (SSSR count). The van der Waals surface area contributed by atoms with E-state index < -0.39 is 46.5 Å². The van der Waals surface area contributed by atoms with E-state index in [1.54, 1.807) is 0 Å². The van der Waals surface area contributed by atoms with Gasteiger partial charge in [0, 0.05) is 25.4 Å². The highest BCUT2D eigenvalue weighted by Gasteiger charge is 2.50. The summed E-state index contributed by atoms with van der Waals surface area (Å²) in [5, 5.41) is 6.01. The number of nitrogens with zero attached hydrogens (tertiary/aromatic N) is 2.